The third-order valence-corrected chi connectivity index (χ3v) is 2.07. The molecule has 94 valence electrons. The van der Waals surface area contributed by atoms with Crippen LogP contribution in [0.3, 0.4) is 0 Å². The quantitative estimate of drug-likeness (QED) is 0.889. The third kappa shape index (κ3) is 4.05. The van der Waals surface area contributed by atoms with Crippen molar-refractivity contribution in [3.05, 3.63) is 29.6 Å². The van der Waals surface area contributed by atoms with Crippen molar-refractivity contribution >= 4 is 5.91 Å². The molecular weight excluding hydrogens is 233 g/mol. The van der Waals surface area contributed by atoms with Gasteiger partial charge in [-0.15, -0.1) is 0 Å². The van der Waals surface area contributed by atoms with Crippen molar-refractivity contribution in [3.8, 4) is 0 Å². The van der Waals surface area contributed by atoms with Crippen LogP contribution in [0.25, 0.3) is 0 Å². The molecule has 3 nitrogen and oxygen atoms in total. The fourth-order valence-electron chi connectivity index (χ4n) is 1.12. The Morgan fingerprint density at radius 2 is 2.06 bits per heavy atom. The van der Waals surface area contributed by atoms with Crippen molar-refractivity contribution in [1.82, 2.24) is 10.3 Å². The topological polar surface area (TPSA) is 42.0 Å². The molecule has 1 heterocycles. The number of pyridine rings is 1. The molecule has 17 heavy (non-hydrogen) atoms. The second kappa shape index (κ2) is 5.16. The number of amides is 1. The zero-order valence-corrected chi connectivity index (χ0v) is 9.51. The number of alkyl halides is 3. The number of carbonyl (C=O) groups is 1. The van der Waals surface area contributed by atoms with Crippen LogP contribution >= 0.6 is 0 Å². The lowest BCUT2D eigenvalue weighted by atomic mass is 10.2. The van der Waals surface area contributed by atoms with Crippen LogP contribution in [-0.4, -0.2) is 10.9 Å². The Kier molecular flexibility index (Phi) is 4.09. The molecule has 0 saturated heterocycles. The van der Waals surface area contributed by atoms with E-state index in [0.717, 1.165) is 6.07 Å². The number of carbonyl (C=O) groups excluding carboxylic acids is 1. The van der Waals surface area contributed by atoms with Crippen molar-refractivity contribution in [2.75, 3.05) is 0 Å². The van der Waals surface area contributed by atoms with Gasteiger partial charge >= 0.3 is 6.18 Å². The van der Waals surface area contributed by atoms with Gasteiger partial charge in [-0.05, 0) is 12.1 Å². The highest BCUT2D eigenvalue weighted by molar-refractivity contribution is 5.77. The van der Waals surface area contributed by atoms with Crippen molar-refractivity contribution in [2.45, 2.75) is 26.6 Å². The van der Waals surface area contributed by atoms with Crippen LogP contribution in [0, 0.1) is 5.92 Å². The van der Waals surface area contributed by atoms with Crippen LogP contribution < -0.4 is 5.32 Å². The van der Waals surface area contributed by atoms with E-state index in [2.05, 4.69) is 10.3 Å². The lowest BCUT2D eigenvalue weighted by Gasteiger charge is -2.09. The monoisotopic (exact) mass is 246 g/mol. The van der Waals surface area contributed by atoms with Gasteiger partial charge in [-0.25, -0.2) is 4.98 Å². The molecule has 0 aliphatic heterocycles. The van der Waals surface area contributed by atoms with Gasteiger partial charge in [-0.1, -0.05) is 19.9 Å². The first kappa shape index (κ1) is 13.5. The molecule has 6 heteroatoms. The van der Waals surface area contributed by atoms with E-state index in [4.69, 9.17) is 0 Å². The molecule has 1 amide bonds. The molecule has 0 unspecified atom stereocenters. The summed E-state index contributed by atoms with van der Waals surface area (Å²) in [5.41, 5.74) is -0.761. The fourth-order valence-corrected chi connectivity index (χ4v) is 1.12. The number of nitrogens with zero attached hydrogens (tertiary/aromatic N) is 1. The average molecular weight is 246 g/mol. The van der Waals surface area contributed by atoms with Gasteiger partial charge in [0.05, 0.1) is 12.2 Å². The molecule has 1 N–H and O–H groups in total. The van der Waals surface area contributed by atoms with Crippen molar-refractivity contribution < 1.29 is 18.0 Å². The first-order chi connectivity index (χ1) is 7.80. The van der Waals surface area contributed by atoms with Gasteiger partial charge in [-0.2, -0.15) is 13.2 Å². The maximum absolute atomic E-state index is 12.3. The normalized spacial score (nSPS) is 11.6. The van der Waals surface area contributed by atoms with Gasteiger partial charge in [0.25, 0.3) is 0 Å². The van der Waals surface area contributed by atoms with E-state index in [1.54, 1.807) is 13.8 Å². The van der Waals surface area contributed by atoms with Crippen molar-refractivity contribution in [3.63, 3.8) is 0 Å². The largest absolute Gasteiger partial charge is 0.433 e. The number of aromatic nitrogens is 1. The Morgan fingerprint density at radius 1 is 1.41 bits per heavy atom. The number of nitrogens with one attached hydrogen (secondary N) is 1. The molecule has 0 atom stereocenters. The third-order valence-electron chi connectivity index (χ3n) is 2.07. The zero-order valence-electron chi connectivity index (χ0n) is 9.51. The predicted molar refractivity (Wildman–Crippen MR) is 55.9 cm³/mol. The van der Waals surface area contributed by atoms with Crippen LogP contribution in [0.4, 0.5) is 13.2 Å². The Balaban J connectivity index is 2.70. The number of halogens is 3. The van der Waals surface area contributed by atoms with Gasteiger partial charge in [0.15, 0.2) is 0 Å². The Hall–Kier alpha value is -1.59. The van der Waals surface area contributed by atoms with E-state index >= 15 is 0 Å². The van der Waals surface area contributed by atoms with Crippen molar-refractivity contribution in [2.24, 2.45) is 5.92 Å². The molecule has 1 aromatic rings. The summed E-state index contributed by atoms with van der Waals surface area (Å²) in [6, 6.07) is 3.61. The minimum absolute atomic E-state index is 0.000926. The molecule has 0 saturated carbocycles. The Bertz CT molecular complexity index is 402. The summed E-state index contributed by atoms with van der Waals surface area (Å²) >= 11 is 0. The van der Waals surface area contributed by atoms with E-state index in [-0.39, 0.29) is 24.1 Å². The van der Waals surface area contributed by atoms with E-state index in [0.29, 0.717) is 0 Å². The SMILES string of the molecule is CC(C)C(=O)NCc1cccc(C(F)(F)F)n1. The lowest BCUT2D eigenvalue weighted by Crippen LogP contribution is -2.27. The zero-order chi connectivity index (χ0) is 13.1. The second-order valence-electron chi connectivity index (χ2n) is 3.88. The molecule has 0 spiro atoms. The molecule has 1 rings (SSSR count). The van der Waals surface area contributed by atoms with E-state index < -0.39 is 11.9 Å². The molecule has 1 aromatic heterocycles. The summed E-state index contributed by atoms with van der Waals surface area (Å²) in [5, 5.41) is 2.51. The molecule has 0 aromatic carbocycles. The maximum Gasteiger partial charge on any atom is 0.433 e. The predicted octanol–water partition coefficient (Wildman–Crippen LogP) is 2.37. The van der Waals surface area contributed by atoms with Crippen molar-refractivity contribution in [1.29, 1.82) is 0 Å². The molecule has 0 fully saturated rings. The summed E-state index contributed by atoms with van der Waals surface area (Å²) < 4.78 is 37.0. The van der Waals surface area contributed by atoms with Gasteiger partial charge < -0.3 is 5.32 Å². The highest BCUT2D eigenvalue weighted by atomic mass is 19.4. The fraction of sp³-hybridized carbons (Fsp3) is 0.455. The van der Waals surface area contributed by atoms with Gasteiger partial charge in [0.1, 0.15) is 5.69 Å². The standard InChI is InChI=1S/C11H13F3N2O/c1-7(2)10(17)15-6-8-4-3-5-9(16-8)11(12,13)14/h3-5,7H,6H2,1-2H3,(H,15,17). The van der Waals surface area contributed by atoms with Crippen LogP contribution in [0.1, 0.15) is 25.2 Å². The first-order valence-electron chi connectivity index (χ1n) is 5.11. The summed E-state index contributed by atoms with van der Waals surface area (Å²) in [5.74, 6) is -0.426. The molecule has 0 radical (unpaired) electrons. The summed E-state index contributed by atoms with van der Waals surface area (Å²) in [6.07, 6.45) is -4.46. The molecule has 0 aliphatic carbocycles. The average Bonchev–Trinajstić information content (AvgIpc) is 2.25. The molecule has 0 bridgehead atoms. The lowest BCUT2D eigenvalue weighted by molar-refractivity contribution is -0.141. The minimum atomic E-state index is -4.46. The minimum Gasteiger partial charge on any atom is -0.350 e. The number of hydrogen-bond donors (Lipinski definition) is 1. The number of rotatable bonds is 3. The summed E-state index contributed by atoms with van der Waals surface area (Å²) in [4.78, 5) is 14.7. The Labute approximate surface area is 97.0 Å². The maximum atomic E-state index is 12.3. The van der Waals surface area contributed by atoms with Crippen LogP contribution in [0.2, 0.25) is 0 Å². The first-order valence-corrected chi connectivity index (χ1v) is 5.11. The molecular formula is C11H13F3N2O. The smallest absolute Gasteiger partial charge is 0.350 e. The summed E-state index contributed by atoms with van der Waals surface area (Å²) in [7, 11) is 0. The molecule has 0 aliphatic rings. The van der Waals surface area contributed by atoms with Crippen LogP contribution in [0.5, 0.6) is 0 Å². The van der Waals surface area contributed by atoms with Gasteiger partial charge in [0.2, 0.25) is 5.91 Å². The number of hydrogen-bond acceptors (Lipinski definition) is 2. The highest BCUT2D eigenvalue weighted by Crippen LogP contribution is 2.27. The van der Waals surface area contributed by atoms with Crippen LogP contribution in [-0.2, 0) is 17.5 Å². The van der Waals surface area contributed by atoms with Crippen LogP contribution in [0.15, 0.2) is 18.2 Å². The van der Waals surface area contributed by atoms with Gasteiger partial charge in [-0.3, -0.25) is 4.79 Å². The highest BCUT2D eigenvalue weighted by Gasteiger charge is 2.32. The van der Waals surface area contributed by atoms with E-state index in [1.165, 1.54) is 12.1 Å². The van der Waals surface area contributed by atoms with E-state index in [1.807, 2.05) is 0 Å². The van der Waals surface area contributed by atoms with Gasteiger partial charge in [0, 0.05) is 5.92 Å². The second-order valence-corrected chi connectivity index (χ2v) is 3.88. The van der Waals surface area contributed by atoms with E-state index in [9.17, 15) is 18.0 Å². The Morgan fingerprint density at radius 3 is 2.59 bits per heavy atom. The summed E-state index contributed by atoms with van der Waals surface area (Å²) in [6.45, 7) is 3.41.